The second kappa shape index (κ2) is 7.51. The van der Waals surface area contributed by atoms with Gasteiger partial charge < -0.3 is 15.2 Å². The van der Waals surface area contributed by atoms with E-state index in [0.29, 0.717) is 18.4 Å². The molecule has 0 spiro atoms. The van der Waals surface area contributed by atoms with Crippen molar-refractivity contribution in [2.24, 2.45) is 5.73 Å². The van der Waals surface area contributed by atoms with Crippen LogP contribution in [0.1, 0.15) is 29.4 Å². The number of nitrogens with two attached hydrogens (primary N) is 1. The molecule has 5 nitrogen and oxygen atoms in total. The maximum atomic E-state index is 14.3. The molecule has 2 atom stereocenters. The average Bonchev–Trinajstić information content (AvgIpc) is 2.59. The van der Waals surface area contributed by atoms with E-state index in [0.717, 1.165) is 12.1 Å². The molecule has 0 radical (unpaired) electrons. The molecule has 2 N–H and O–H groups in total. The van der Waals surface area contributed by atoms with Crippen LogP contribution in [0.2, 0.25) is 0 Å². The summed E-state index contributed by atoms with van der Waals surface area (Å²) in [5, 5.41) is 0. The molecule has 2 aromatic rings. The standard InChI is InChI=1S/C18H16F4N2O3/c1-8(26-18(21)22)15-5-4-11-12(10-3-2-9(19)6-13(10)20)7-14(16(23)25)24-17(11)27-15/h2-3,6-8,15,18H,4-5H2,1H3,(H2,23,25)/t8-,15?/m1/s1. The van der Waals surface area contributed by atoms with Crippen LogP contribution in [0.5, 0.6) is 5.88 Å². The van der Waals surface area contributed by atoms with E-state index in [1.807, 2.05) is 0 Å². The summed E-state index contributed by atoms with van der Waals surface area (Å²) in [5.74, 6) is -2.45. The smallest absolute Gasteiger partial charge is 0.345 e. The summed E-state index contributed by atoms with van der Waals surface area (Å²) in [7, 11) is 0. The normalized spacial score (nSPS) is 17.3. The number of hydrogen-bond acceptors (Lipinski definition) is 4. The molecule has 2 heterocycles. The summed E-state index contributed by atoms with van der Waals surface area (Å²) in [6.07, 6.45) is -1.03. The minimum absolute atomic E-state index is 0.00834. The Balaban J connectivity index is 2.05. The van der Waals surface area contributed by atoms with Gasteiger partial charge in [-0.1, -0.05) is 0 Å². The van der Waals surface area contributed by atoms with Crippen molar-refractivity contribution < 1.29 is 31.8 Å². The van der Waals surface area contributed by atoms with E-state index >= 15 is 0 Å². The number of carbonyl (C=O) groups is 1. The SMILES string of the molecule is C[C@@H](OC(F)F)C1CCc2c(-c3ccc(F)cc3F)cc(C(N)=O)nc2O1. The van der Waals surface area contributed by atoms with Gasteiger partial charge in [-0.15, -0.1) is 0 Å². The lowest BCUT2D eigenvalue weighted by atomic mass is 9.93. The molecule has 3 rings (SSSR count). The van der Waals surface area contributed by atoms with Gasteiger partial charge in [0, 0.05) is 17.2 Å². The Morgan fingerprint density at radius 2 is 2.04 bits per heavy atom. The maximum Gasteiger partial charge on any atom is 0.345 e. The zero-order valence-electron chi connectivity index (χ0n) is 14.2. The summed E-state index contributed by atoms with van der Waals surface area (Å²) in [5.41, 5.74) is 5.91. The number of primary amides is 1. The molecule has 1 aromatic carbocycles. The predicted octanol–water partition coefficient (Wildman–Crippen LogP) is 3.45. The lowest BCUT2D eigenvalue weighted by molar-refractivity contribution is -0.180. The first kappa shape index (κ1) is 19.1. The van der Waals surface area contributed by atoms with Crippen LogP contribution in [-0.4, -0.2) is 29.7 Å². The zero-order valence-corrected chi connectivity index (χ0v) is 14.2. The number of pyridine rings is 1. The molecule has 0 aliphatic carbocycles. The highest BCUT2D eigenvalue weighted by Gasteiger charge is 2.31. The third-order valence-corrected chi connectivity index (χ3v) is 4.34. The molecule has 144 valence electrons. The highest BCUT2D eigenvalue weighted by Crippen LogP contribution is 2.37. The highest BCUT2D eigenvalue weighted by molar-refractivity contribution is 5.93. The van der Waals surface area contributed by atoms with Gasteiger partial charge in [0.2, 0.25) is 5.88 Å². The number of halogens is 4. The van der Waals surface area contributed by atoms with Crippen molar-refractivity contribution in [3.8, 4) is 17.0 Å². The number of amides is 1. The van der Waals surface area contributed by atoms with Crippen LogP contribution < -0.4 is 10.5 Å². The fraction of sp³-hybridized carbons (Fsp3) is 0.333. The van der Waals surface area contributed by atoms with Crippen LogP contribution in [0.3, 0.4) is 0 Å². The first-order valence-electron chi connectivity index (χ1n) is 8.15. The fourth-order valence-electron chi connectivity index (χ4n) is 3.03. The van der Waals surface area contributed by atoms with Gasteiger partial charge in [0.1, 0.15) is 23.4 Å². The Morgan fingerprint density at radius 3 is 2.67 bits per heavy atom. The quantitative estimate of drug-likeness (QED) is 0.802. The molecule has 9 heteroatoms. The summed E-state index contributed by atoms with van der Waals surface area (Å²) in [6.45, 7) is -1.53. The second-order valence-electron chi connectivity index (χ2n) is 6.12. The number of hydrogen-bond donors (Lipinski definition) is 1. The van der Waals surface area contributed by atoms with E-state index in [1.54, 1.807) is 0 Å². The van der Waals surface area contributed by atoms with E-state index in [1.165, 1.54) is 19.1 Å². The van der Waals surface area contributed by atoms with Crippen molar-refractivity contribution in [2.45, 2.75) is 38.6 Å². The molecular weight excluding hydrogens is 368 g/mol. The van der Waals surface area contributed by atoms with Crippen molar-refractivity contribution >= 4 is 5.91 Å². The highest BCUT2D eigenvalue weighted by atomic mass is 19.3. The summed E-state index contributed by atoms with van der Waals surface area (Å²) in [4.78, 5) is 15.6. The number of carbonyl (C=O) groups excluding carboxylic acids is 1. The minimum atomic E-state index is -2.96. The van der Waals surface area contributed by atoms with Gasteiger partial charge in [0.05, 0.1) is 6.10 Å². The van der Waals surface area contributed by atoms with E-state index < -0.39 is 36.4 Å². The van der Waals surface area contributed by atoms with Gasteiger partial charge in [-0.2, -0.15) is 8.78 Å². The van der Waals surface area contributed by atoms with Crippen molar-refractivity contribution in [2.75, 3.05) is 0 Å². The molecular formula is C18H16F4N2O3. The molecule has 27 heavy (non-hydrogen) atoms. The lowest BCUT2D eigenvalue weighted by Crippen LogP contribution is -2.36. The number of rotatable bonds is 5. The van der Waals surface area contributed by atoms with Gasteiger partial charge in [0.15, 0.2) is 0 Å². The van der Waals surface area contributed by atoms with Crippen molar-refractivity contribution in [1.29, 1.82) is 0 Å². The largest absolute Gasteiger partial charge is 0.471 e. The van der Waals surface area contributed by atoms with Gasteiger partial charge in [0.25, 0.3) is 5.91 Å². The van der Waals surface area contributed by atoms with E-state index in [4.69, 9.17) is 10.5 Å². The van der Waals surface area contributed by atoms with Gasteiger partial charge in [-0.25, -0.2) is 13.8 Å². The molecule has 0 fully saturated rings. The number of alkyl halides is 2. The Kier molecular flexibility index (Phi) is 5.31. The Bertz CT molecular complexity index is 876. The van der Waals surface area contributed by atoms with Crippen LogP contribution in [0.4, 0.5) is 17.6 Å². The van der Waals surface area contributed by atoms with E-state index in [2.05, 4.69) is 9.72 Å². The number of nitrogens with zero attached hydrogens (tertiary/aromatic N) is 1. The van der Waals surface area contributed by atoms with Crippen LogP contribution in [0.15, 0.2) is 24.3 Å². The van der Waals surface area contributed by atoms with Crippen molar-refractivity contribution in [3.63, 3.8) is 0 Å². The maximum absolute atomic E-state index is 14.3. The Hall–Kier alpha value is -2.68. The molecule has 0 saturated carbocycles. The monoisotopic (exact) mass is 384 g/mol. The van der Waals surface area contributed by atoms with Crippen LogP contribution >= 0.6 is 0 Å². The number of benzene rings is 1. The summed E-state index contributed by atoms with van der Waals surface area (Å²) < 4.78 is 62.5. The number of ether oxygens (including phenoxy) is 2. The molecule has 1 aliphatic rings. The van der Waals surface area contributed by atoms with Crippen LogP contribution in [0, 0.1) is 11.6 Å². The summed E-state index contributed by atoms with van der Waals surface area (Å²) in [6, 6.07) is 4.34. The fourth-order valence-corrected chi connectivity index (χ4v) is 3.03. The second-order valence-corrected chi connectivity index (χ2v) is 6.12. The molecule has 0 saturated heterocycles. The molecule has 1 unspecified atom stereocenters. The number of fused-ring (bicyclic) bond motifs is 1. The molecule has 0 bridgehead atoms. The van der Waals surface area contributed by atoms with Crippen molar-refractivity contribution in [1.82, 2.24) is 4.98 Å². The Morgan fingerprint density at radius 1 is 1.30 bits per heavy atom. The number of aromatic nitrogens is 1. The lowest BCUT2D eigenvalue weighted by Gasteiger charge is -2.30. The first-order chi connectivity index (χ1) is 12.8. The van der Waals surface area contributed by atoms with Gasteiger partial charge >= 0.3 is 6.61 Å². The van der Waals surface area contributed by atoms with E-state index in [-0.39, 0.29) is 22.7 Å². The molecule has 1 amide bonds. The third kappa shape index (κ3) is 4.02. The average molecular weight is 384 g/mol. The zero-order chi connectivity index (χ0) is 19.7. The third-order valence-electron chi connectivity index (χ3n) is 4.34. The molecule has 1 aromatic heterocycles. The van der Waals surface area contributed by atoms with E-state index in [9.17, 15) is 22.4 Å². The van der Waals surface area contributed by atoms with Crippen molar-refractivity contribution in [3.05, 3.63) is 47.2 Å². The Labute approximate surface area is 152 Å². The van der Waals surface area contributed by atoms with Crippen LogP contribution in [0.25, 0.3) is 11.1 Å². The minimum Gasteiger partial charge on any atom is -0.471 e. The van der Waals surface area contributed by atoms with Gasteiger partial charge in [-0.05, 0) is 43.5 Å². The summed E-state index contributed by atoms with van der Waals surface area (Å²) >= 11 is 0. The first-order valence-corrected chi connectivity index (χ1v) is 8.15. The van der Waals surface area contributed by atoms with Gasteiger partial charge in [-0.3, -0.25) is 4.79 Å². The predicted molar refractivity (Wildman–Crippen MR) is 87.4 cm³/mol. The molecule has 1 aliphatic heterocycles. The topological polar surface area (TPSA) is 74.4 Å². The van der Waals surface area contributed by atoms with Crippen LogP contribution in [-0.2, 0) is 11.2 Å².